The first-order chi connectivity index (χ1) is 9.97. The molecular weight excluding hydrogens is 294 g/mol. The third-order valence-corrected chi connectivity index (χ3v) is 3.33. The van der Waals surface area contributed by atoms with Crippen LogP contribution in [-0.4, -0.2) is 10.0 Å². The smallest absolute Gasteiger partial charge is 0.270 e. The van der Waals surface area contributed by atoms with Crippen molar-refractivity contribution in [2.45, 2.75) is 19.6 Å². The van der Waals surface area contributed by atoms with Crippen LogP contribution in [-0.2, 0) is 6.61 Å². The quantitative estimate of drug-likeness (QED) is 0.672. The lowest BCUT2D eigenvalue weighted by molar-refractivity contribution is -0.384. The summed E-state index contributed by atoms with van der Waals surface area (Å²) in [5.41, 5.74) is 1.35. The molecule has 0 aliphatic carbocycles. The van der Waals surface area contributed by atoms with E-state index in [0.29, 0.717) is 11.3 Å². The number of benzene rings is 2. The Morgan fingerprint density at radius 3 is 2.71 bits per heavy atom. The van der Waals surface area contributed by atoms with Gasteiger partial charge < -0.3 is 9.84 Å². The Hall–Kier alpha value is -2.11. The number of nitro benzene ring substituents is 1. The highest BCUT2D eigenvalue weighted by atomic mass is 35.5. The van der Waals surface area contributed by atoms with Gasteiger partial charge in [0.1, 0.15) is 12.4 Å². The Morgan fingerprint density at radius 2 is 2.10 bits per heavy atom. The van der Waals surface area contributed by atoms with Gasteiger partial charge in [-0.15, -0.1) is 0 Å². The van der Waals surface area contributed by atoms with Crippen LogP contribution in [0.2, 0.25) is 5.02 Å². The molecule has 6 heteroatoms. The average Bonchev–Trinajstić information content (AvgIpc) is 2.46. The van der Waals surface area contributed by atoms with Crippen molar-refractivity contribution in [2.75, 3.05) is 0 Å². The Balaban J connectivity index is 2.09. The van der Waals surface area contributed by atoms with Crippen molar-refractivity contribution >= 4 is 17.3 Å². The van der Waals surface area contributed by atoms with Crippen LogP contribution in [0.1, 0.15) is 24.2 Å². The minimum Gasteiger partial charge on any atom is -0.489 e. The summed E-state index contributed by atoms with van der Waals surface area (Å²) in [6.07, 6.45) is -0.573. The van der Waals surface area contributed by atoms with Crippen molar-refractivity contribution in [3.8, 4) is 5.75 Å². The lowest BCUT2D eigenvalue weighted by Gasteiger charge is -2.10. The molecule has 2 aromatic rings. The molecule has 0 heterocycles. The van der Waals surface area contributed by atoms with Crippen LogP contribution in [0.3, 0.4) is 0 Å². The molecule has 0 fully saturated rings. The maximum atomic E-state index is 10.6. The molecule has 0 amide bonds. The second-order valence-corrected chi connectivity index (χ2v) is 4.98. The Labute approximate surface area is 126 Å². The van der Waals surface area contributed by atoms with Gasteiger partial charge in [-0.3, -0.25) is 10.1 Å². The Kier molecular flexibility index (Phi) is 4.77. The number of hydrogen-bond donors (Lipinski definition) is 1. The minimum atomic E-state index is -0.573. The van der Waals surface area contributed by atoms with Gasteiger partial charge in [0.25, 0.3) is 5.69 Å². The highest BCUT2D eigenvalue weighted by molar-refractivity contribution is 6.31. The van der Waals surface area contributed by atoms with Crippen LogP contribution in [0.5, 0.6) is 5.75 Å². The molecule has 0 aliphatic heterocycles. The van der Waals surface area contributed by atoms with Crippen molar-refractivity contribution in [2.24, 2.45) is 0 Å². The molecule has 0 bridgehead atoms. The second-order valence-electron chi connectivity index (χ2n) is 4.57. The number of nitro groups is 1. The van der Waals surface area contributed by atoms with Crippen LogP contribution in [0, 0.1) is 10.1 Å². The summed E-state index contributed by atoms with van der Waals surface area (Å²) in [6.45, 7) is 1.87. The summed E-state index contributed by atoms with van der Waals surface area (Å²) in [4.78, 5) is 10.1. The third-order valence-electron chi connectivity index (χ3n) is 2.98. The van der Waals surface area contributed by atoms with E-state index in [0.717, 1.165) is 5.56 Å². The lowest BCUT2D eigenvalue weighted by atomic mass is 10.1. The summed E-state index contributed by atoms with van der Waals surface area (Å²) in [5, 5.41) is 20.4. The first-order valence-corrected chi connectivity index (χ1v) is 6.69. The van der Waals surface area contributed by atoms with Crippen molar-refractivity contribution in [3.63, 3.8) is 0 Å². The molecule has 0 saturated carbocycles. The standard InChI is InChI=1S/C15H14ClNO4/c1-10(18)11-3-2-4-14(7-11)21-9-12-5-6-13(17(19)20)8-15(12)16/h2-8,10,18H,9H2,1H3/t10-/m1/s1. The van der Waals surface area contributed by atoms with E-state index in [1.165, 1.54) is 12.1 Å². The van der Waals surface area contributed by atoms with Crippen molar-refractivity contribution in [1.29, 1.82) is 0 Å². The van der Waals surface area contributed by atoms with Crippen LogP contribution in [0.4, 0.5) is 5.69 Å². The molecule has 0 aromatic heterocycles. The molecule has 0 radical (unpaired) electrons. The molecule has 0 saturated heterocycles. The summed E-state index contributed by atoms with van der Waals surface area (Å²) < 4.78 is 5.60. The molecule has 1 atom stereocenters. The Morgan fingerprint density at radius 1 is 1.33 bits per heavy atom. The maximum absolute atomic E-state index is 10.6. The number of ether oxygens (including phenoxy) is 1. The van der Waals surface area contributed by atoms with E-state index in [2.05, 4.69) is 0 Å². The van der Waals surface area contributed by atoms with Crippen LogP contribution >= 0.6 is 11.6 Å². The van der Waals surface area contributed by atoms with Gasteiger partial charge in [-0.05, 0) is 30.7 Å². The van der Waals surface area contributed by atoms with Crippen LogP contribution in [0.15, 0.2) is 42.5 Å². The fourth-order valence-corrected chi connectivity index (χ4v) is 2.02. The summed E-state index contributed by atoms with van der Waals surface area (Å²) in [7, 11) is 0. The topological polar surface area (TPSA) is 72.6 Å². The average molecular weight is 308 g/mol. The number of hydrogen-bond acceptors (Lipinski definition) is 4. The van der Waals surface area contributed by atoms with Crippen molar-refractivity contribution in [3.05, 3.63) is 68.7 Å². The number of nitrogens with zero attached hydrogens (tertiary/aromatic N) is 1. The van der Waals surface area contributed by atoms with E-state index in [-0.39, 0.29) is 17.3 Å². The number of rotatable bonds is 5. The zero-order valence-corrected chi connectivity index (χ0v) is 12.1. The predicted molar refractivity (Wildman–Crippen MR) is 79.5 cm³/mol. The fourth-order valence-electron chi connectivity index (χ4n) is 1.79. The highest BCUT2D eigenvalue weighted by Crippen LogP contribution is 2.25. The van der Waals surface area contributed by atoms with E-state index in [1.807, 2.05) is 0 Å². The SMILES string of the molecule is C[C@@H](O)c1cccc(OCc2ccc([N+](=O)[O-])cc2Cl)c1. The van der Waals surface area contributed by atoms with Crippen LogP contribution in [0.25, 0.3) is 0 Å². The number of aliphatic hydroxyl groups is 1. The second kappa shape index (κ2) is 6.56. The molecular formula is C15H14ClNO4. The summed E-state index contributed by atoms with van der Waals surface area (Å²) in [5.74, 6) is 0.600. The van der Waals surface area contributed by atoms with Gasteiger partial charge in [0.2, 0.25) is 0 Å². The Bertz CT molecular complexity index is 658. The van der Waals surface area contributed by atoms with E-state index in [1.54, 1.807) is 37.3 Å². The van der Waals surface area contributed by atoms with Crippen molar-refractivity contribution in [1.82, 2.24) is 0 Å². The number of halogens is 1. The predicted octanol–water partition coefficient (Wildman–Crippen LogP) is 3.88. The van der Waals surface area contributed by atoms with Crippen LogP contribution < -0.4 is 4.74 Å². The van der Waals surface area contributed by atoms with Crippen molar-refractivity contribution < 1.29 is 14.8 Å². The summed E-state index contributed by atoms with van der Waals surface area (Å²) >= 11 is 6.00. The van der Waals surface area contributed by atoms with E-state index in [4.69, 9.17) is 16.3 Å². The molecule has 0 unspecified atom stereocenters. The number of aliphatic hydroxyl groups excluding tert-OH is 1. The van der Waals surface area contributed by atoms with E-state index >= 15 is 0 Å². The molecule has 2 rings (SSSR count). The monoisotopic (exact) mass is 307 g/mol. The van der Waals surface area contributed by atoms with E-state index in [9.17, 15) is 15.2 Å². The zero-order valence-electron chi connectivity index (χ0n) is 11.3. The summed E-state index contributed by atoms with van der Waals surface area (Å²) in [6, 6.07) is 11.3. The minimum absolute atomic E-state index is 0.0557. The first-order valence-electron chi connectivity index (χ1n) is 6.31. The number of non-ortho nitro benzene ring substituents is 1. The van der Waals surface area contributed by atoms with Gasteiger partial charge >= 0.3 is 0 Å². The van der Waals surface area contributed by atoms with Gasteiger partial charge in [-0.25, -0.2) is 0 Å². The highest BCUT2D eigenvalue weighted by Gasteiger charge is 2.10. The maximum Gasteiger partial charge on any atom is 0.270 e. The zero-order chi connectivity index (χ0) is 15.4. The molecule has 2 aromatic carbocycles. The molecule has 21 heavy (non-hydrogen) atoms. The van der Waals surface area contributed by atoms with Gasteiger partial charge in [0.05, 0.1) is 16.0 Å². The third kappa shape index (κ3) is 3.93. The molecule has 110 valence electrons. The normalized spacial score (nSPS) is 12.0. The largest absolute Gasteiger partial charge is 0.489 e. The lowest BCUT2D eigenvalue weighted by Crippen LogP contribution is -1.98. The van der Waals surface area contributed by atoms with E-state index < -0.39 is 11.0 Å². The van der Waals surface area contributed by atoms with Gasteiger partial charge in [0.15, 0.2) is 0 Å². The first kappa shape index (κ1) is 15.3. The molecule has 0 spiro atoms. The van der Waals surface area contributed by atoms with Gasteiger partial charge in [0, 0.05) is 17.7 Å². The molecule has 0 aliphatic rings. The van der Waals surface area contributed by atoms with Gasteiger partial charge in [-0.1, -0.05) is 23.7 Å². The van der Waals surface area contributed by atoms with Gasteiger partial charge in [-0.2, -0.15) is 0 Å². The fraction of sp³-hybridized carbons (Fsp3) is 0.200. The molecule has 5 nitrogen and oxygen atoms in total. The molecule has 1 N–H and O–H groups in total.